The van der Waals surface area contributed by atoms with Crippen molar-refractivity contribution in [2.45, 2.75) is 6.54 Å². The number of aromatic nitrogens is 3. The van der Waals surface area contributed by atoms with Gasteiger partial charge in [0.2, 0.25) is 0 Å². The molecule has 0 radical (unpaired) electrons. The van der Waals surface area contributed by atoms with Gasteiger partial charge in [-0.3, -0.25) is 4.79 Å². The van der Waals surface area contributed by atoms with E-state index < -0.39 is 0 Å². The zero-order valence-corrected chi connectivity index (χ0v) is 14.0. The molecule has 0 aliphatic rings. The standard InChI is InChI=1S/C19H16N4O3/c1-25-14-5-2-4-13(10-14)17-7-8-20-18-16(12-22-23(17)18)19(24)21-11-15-6-3-9-26-15/h2-10,12H,11H2,1H3,(H,21,24). The first-order chi connectivity index (χ1) is 12.8. The summed E-state index contributed by atoms with van der Waals surface area (Å²) < 4.78 is 12.2. The molecule has 0 saturated heterocycles. The molecule has 0 unspecified atom stereocenters. The minimum Gasteiger partial charge on any atom is -0.497 e. The van der Waals surface area contributed by atoms with Gasteiger partial charge >= 0.3 is 0 Å². The number of hydrogen-bond donors (Lipinski definition) is 1. The van der Waals surface area contributed by atoms with Crippen LogP contribution in [0.15, 0.2) is 65.5 Å². The first-order valence-electron chi connectivity index (χ1n) is 8.04. The van der Waals surface area contributed by atoms with Crippen molar-refractivity contribution in [2.24, 2.45) is 0 Å². The van der Waals surface area contributed by atoms with E-state index in [1.807, 2.05) is 30.3 Å². The van der Waals surface area contributed by atoms with Crippen molar-refractivity contribution in [1.29, 1.82) is 0 Å². The molecule has 0 saturated carbocycles. The summed E-state index contributed by atoms with van der Waals surface area (Å²) in [6, 6.07) is 13.1. The van der Waals surface area contributed by atoms with Crippen LogP contribution in [-0.4, -0.2) is 27.6 Å². The fourth-order valence-electron chi connectivity index (χ4n) is 2.73. The number of rotatable bonds is 5. The van der Waals surface area contributed by atoms with Gasteiger partial charge in [0.1, 0.15) is 17.1 Å². The Morgan fingerprint density at radius 2 is 2.19 bits per heavy atom. The Morgan fingerprint density at radius 1 is 1.27 bits per heavy atom. The second-order valence-electron chi connectivity index (χ2n) is 5.62. The van der Waals surface area contributed by atoms with E-state index in [9.17, 15) is 4.79 Å². The largest absolute Gasteiger partial charge is 0.497 e. The normalized spacial score (nSPS) is 10.8. The predicted octanol–water partition coefficient (Wildman–Crippen LogP) is 2.93. The third-order valence-electron chi connectivity index (χ3n) is 4.01. The van der Waals surface area contributed by atoms with Gasteiger partial charge in [-0.2, -0.15) is 5.10 Å². The number of hydrogen-bond acceptors (Lipinski definition) is 5. The number of nitrogens with one attached hydrogen (secondary N) is 1. The molecule has 26 heavy (non-hydrogen) atoms. The van der Waals surface area contributed by atoms with Gasteiger partial charge in [-0.15, -0.1) is 0 Å². The number of amides is 1. The quantitative estimate of drug-likeness (QED) is 0.600. The van der Waals surface area contributed by atoms with E-state index in [-0.39, 0.29) is 5.91 Å². The molecule has 0 atom stereocenters. The Bertz CT molecular complexity index is 1050. The van der Waals surface area contributed by atoms with E-state index >= 15 is 0 Å². The maximum absolute atomic E-state index is 12.5. The summed E-state index contributed by atoms with van der Waals surface area (Å²) in [4.78, 5) is 16.8. The molecule has 4 rings (SSSR count). The van der Waals surface area contributed by atoms with Crippen molar-refractivity contribution >= 4 is 11.6 Å². The molecule has 0 aliphatic carbocycles. The van der Waals surface area contributed by atoms with Crippen molar-refractivity contribution in [1.82, 2.24) is 19.9 Å². The molecule has 7 nitrogen and oxygen atoms in total. The fourth-order valence-corrected chi connectivity index (χ4v) is 2.73. The molecular formula is C19H16N4O3. The molecule has 0 fully saturated rings. The Labute approximate surface area is 149 Å². The summed E-state index contributed by atoms with van der Waals surface area (Å²) in [7, 11) is 1.62. The topological polar surface area (TPSA) is 81.7 Å². The Hall–Kier alpha value is -3.61. The lowest BCUT2D eigenvalue weighted by atomic mass is 10.1. The highest BCUT2D eigenvalue weighted by atomic mass is 16.5. The monoisotopic (exact) mass is 348 g/mol. The Balaban J connectivity index is 1.67. The van der Waals surface area contributed by atoms with Gasteiger partial charge in [-0.05, 0) is 30.3 Å². The van der Waals surface area contributed by atoms with Crippen LogP contribution >= 0.6 is 0 Å². The van der Waals surface area contributed by atoms with Gasteiger partial charge in [0.05, 0.1) is 31.8 Å². The summed E-state index contributed by atoms with van der Waals surface area (Å²) in [5.74, 6) is 1.17. The number of furan rings is 1. The summed E-state index contributed by atoms with van der Waals surface area (Å²) in [5, 5.41) is 7.16. The van der Waals surface area contributed by atoms with E-state index in [4.69, 9.17) is 9.15 Å². The molecule has 0 spiro atoms. The van der Waals surface area contributed by atoms with E-state index in [1.165, 1.54) is 6.20 Å². The number of carbonyl (C=O) groups excluding carboxylic acids is 1. The highest BCUT2D eigenvalue weighted by molar-refractivity contribution is 5.99. The second-order valence-corrected chi connectivity index (χ2v) is 5.62. The maximum atomic E-state index is 12.5. The average Bonchev–Trinajstić information content (AvgIpc) is 3.35. The first-order valence-corrected chi connectivity index (χ1v) is 8.04. The van der Waals surface area contributed by atoms with Crippen molar-refractivity contribution < 1.29 is 13.9 Å². The molecular weight excluding hydrogens is 332 g/mol. The molecule has 7 heteroatoms. The number of fused-ring (bicyclic) bond motifs is 1. The van der Waals surface area contributed by atoms with E-state index in [2.05, 4.69) is 15.4 Å². The number of nitrogens with zero attached hydrogens (tertiary/aromatic N) is 3. The van der Waals surface area contributed by atoms with Gasteiger partial charge in [-0.1, -0.05) is 12.1 Å². The van der Waals surface area contributed by atoms with Crippen molar-refractivity contribution in [3.05, 3.63) is 72.4 Å². The summed E-state index contributed by atoms with van der Waals surface area (Å²) in [5.41, 5.74) is 2.63. The minimum absolute atomic E-state index is 0.258. The van der Waals surface area contributed by atoms with Crippen molar-refractivity contribution in [3.8, 4) is 17.0 Å². The minimum atomic E-state index is -0.258. The van der Waals surface area contributed by atoms with Crippen LogP contribution in [0.5, 0.6) is 5.75 Å². The van der Waals surface area contributed by atoms with Crippen LogP contribution in [0.3, 0.4) is 0 Å². The lowest BCUT2D eigenvalue weighted by Gasteiger charge is -2.07. The SMILES string of the molecule is COc1cccc(-c2ccnc3c(C(=O)NCc4ccco4)cnn23)c1. The molecule has 4 aromatic rings. The number of carbonyl (C=O) groups is 1. The lowest BCUT2D eigenvalue weighted by molar-refractivity contribution is 0.0949. The van der Waals surface area contributed by atoms with Crippen LogP contribution in [0, 0.1) is 0 Å². The van der Waals surface area contributed by atoms with Gasteiger partial charge in [0.15, 0.2) is 5.65 Å². The smallest absolute Gasteiger partial charge is 0.257 e. The van der Waals surface area contributed by atoms with Crippen molar-refractivity contribution in [2.75, 3.05) is 7.11 Å². The van der Waals surface area contributed by atoms with Gasteiger partial charge in [0, 0.05) is 11.8 Å². The van der Waals surface area contributed by atoms with Crippen LogP contribution in [-0.2, 0) is 6.54 Å². The molecule has 1 aromatic carbocycles. The zero-order valence-electron chi connectivity index (χ0n) is 14.0. The molecule has 0 bridgehead atoms. The van der Waals surface area contributed by atoms with Crippen LogP contribution in [0.4, 0.5) is 0 Å². The zero-order chi connectivity index (χ0) is 17.9. The van der Waals surface area contributed by atoms with E-state index in [1.54, 1.807) is 36.2 Å². The van der Waals surface area contributed by atoms with Crippen LogP contribution in [0.25, 0.3) is 16.9 Å². The van der Waals surface area contributed by atoms with Gasteiger partial charge < -0.3 is 14.5 Å². The highest BCUT2D eigenvalue weighted by Gasteiger charge is 2.16. The Kier molecular flexibility index (Phi) is 4.10. The number of benzene rings is 1. The molecule has 130 valence electrons. The second kappa shape index (κ2) is 6.72. The fraction of sp³-hybridized carbons (Fsp3) is 0.105. The highest BCUT2D eigenvalue weighted by Crippen LogP contribution is 2.24. The van der Waals surface area contributed by atoms with Gasteiger partial charge in [0.25, 0.3) is 5.91 Å². The van der Waals surface area contributed by atoms with Crippen LogP contribution < -0.4 is 10.1 Å². The molecule has 3 aromatic heterocycles. The third-order valence-corrected chi connectivity index (χ3v) is 4.01. The summed E-state index contributed by atoms with van der Waals surface area (Å²) in [6.45, 7) is 0.304. The molecule has 1 amide bonds. The maximum Gasteiger partial charge on any atom is 0.257 e. The Morgan fingerprint density at radius 3 is 3.00 bits per heavy atom. The van der Waals surface area contributed by atoms with E-state index in [0.717, 1.165) is 17.0 Å². The molecule has 3 heterocycles. The summed E-state index contributed by atoms with van der Waals surface area (Å²) in [6.07, 6.45) is 4.75. The summed E-state index contributed by atoms with van der Waals surface area (Å²) >= 11 is 0. The van der Waals surface area contributed by atoms with Crippen LogP contribution in [0.1, 0.15) is 16.1 Å². The third kappa shape index (κ3) is 2.90. The van der Waals surface area contributed by atoms with Crippen molar-refractivity contribution in [3.63, 3.8) is 0 Å². The number of ether oxygens (including phenoxy) is 1. The average molecular weight is 348 g/mol. The number of methoxy groups -OCH3 is 1. The molecule has 1 N–H and O–H groups in total. The van der Waals surface area contributed by atoms with Gasteiger partial charge in [-0.25, -0.2) is 9.50 Å². The lowest BCUT2D eigenvalue weighted by Crippen LogP contribution is -2.22. The van der Waals surface area contributed by atoms with Crippen LogP contribution in [0.2, 0.25) is 0 Å². The van der Waals surface area contributed by atoms with E-state index in [0.29, 0.717) is 23.5 Å². The first kappa shape index (κ1) is 15.9. The molecule has 0 aliphatic heterocycles. The predicted molar refractivity (Wildman–Crippen MR) is 94.9 cm³/mol.